The van der Waals surface area contributed by atoms with Crippen molar-refractivity contribution >= 4 is 23.2 Å². The molecular weight excluding hydrogens is 442 g/mol. The van der Waals surface area contributed by atoms with Crippen molar-refractivity contribution in [1.29, 1.82) is 0 Å². The summed E-state index contributed by atoms with van der Waals surface area (Å²) < 4.78 is 8.03. The van der Waals surface area contributed by atoms with Crippen LogP contribution in [0.1, 0.15) is 5.56 Å². The molecule has 0 aliphatic carbocycles. The van der Waals surface area contributed by atoms with Gasteiger partial charge in [0.25, 0.3) is 5.56 Å². The molecule has 4 rings (SSSR count). The zero-order chi connectivity index (χ0) is 23.2. The van der Waals surface area contributed by atoms with Gasteiger partial charge in [-0.15, -0.1) is 0 Å². The molecule has 1 heterocycles. The van der Waals surface area contributed by atoms with Gasteiger partial charge in [0.2, 0.25) is 5.91 Å². The lowest BCUT2D eigenvalue weighted by atomic mass is 10.2. The predicted octanol–water partition coefficient (Wildman–Crippen LogP) is 4.14. The van der Waals surface area contributed by atoms with Crippen LogP contribution < -0.4 is 21.3 Å². The van der Waals surface area contributed by atoms with Crippen molar-refractivity contribution in [2.45, 2.75) is 13.1 Å². The lowest BCUT2D eigenvalue weighted by molar-refractivity contribution is -0.116. The average molecular weight is 462 g/mol. The summed E-state index contributed by atoms with van der Waals surface area (Å²) in [6, 6.07) is 24.4. The van der Waals surface area contributed by atoms with Crippen LogP contribution in [-0.4, -0.2) is 15.0 Å². The number of carbonyl (C=O) groups is 1. The van der Waals surface area contributed by atoms with Gasteiger partial charge < -0.3 is 10.1 Å². The number of nitrogens with zero attached hydrogens (tertiary/aromatic N) is 2. The van der Waals surface area contributed by atoms with E-state index in [1.807, 2.05) is 42.5 Å². The highest BCUT2D eigenvalue weighted by molar-refractivity contribution is 6.32. The smallest absolute Gasteiger partial charge is 0.331 e. The monoisotopic (exact) mass is 461 g/mol. The Hall–Kier alpha value is -4.10. The average Bonchev–Trinajstić information content (AvgIpc) is 2.82. The topological polar surface area (TPSA) is 82.3 Å². The Kier molecular flexibility index (Phi) is 6.71. The van der Waals surface area contributed by atoms with E-state index < -0.39 is 23.7 Å². The largest absolute Gasteiger partial charge is 0.456 e. The Morgan fingerprint density at radius 2 is 1.58 bits per heavy atom. The summed E-state index contributed by atoms with van der Waals surface area (Å²) in [5.41, 5.74) is 0.321. The summed E-state index contributed by atoms with van der Waals surface area (Å²) in [6.45, 7) is -0.0976. The fourth-order valence-corrected chi connectivity index (χ4v) is 3.38. The minimum atomic E-state index is -0.551. The number of aromatic nitrogens is 2. The van der Waals surface area contributed by atoms with Crippen LogP contribution in [0.2, 0.25) is 5.02 Å². The molecule has 33 heavy (non-hydrogen) atoms. The first kappa shape index (κ1) is 22.1. The molecule has 0 atom stereocenters. The molecule has 0 unspecified atom stereocenters. The van der Waals surface area contributed by atoms with Crippen molar-refractivity contribution in [2.75, 3.05) is 5.32 Å². The fraction of sp³-hybridized carbons (Fsp3) is 0.0800. The number of hydrogen-bond donors (Lipinski definition) is 1. The zero-order valence-electron chi connectivity index (χ0n) is 17.5. The highest BCUT2D eigenvalue weighted by Crippen LogP contribution is 2.29. The summed E-state index contributed by atoms with van der Waals surface area (Å²) in [7, 11) is 0. The summed E-state index contributed by atoms with van der Waals surface area (Å²) in [5.74, 6) is 0.571. The number of anilines is 1. The minimum Gasteiger partial charge on any atom is -0.456 e. The summed E-state index contributed by atoms with van der Waals surface area (Å²) >= 11 is 6.10. The van der Waals surface area contributed by atoms with Gasteiger partial charge in [0.15, 0.2) is 0 Å². The molecular formula is C25H20ClN3O4. The first-order valence-electron chi connectivity index (χ1n) is 10.2. The molecule has 0 fully saturated rings. The van der Waals surface area contributed by atoms with E-state index in [1.54, 1.807) is 36.4 Å². The van der Waals surface area contributed by atoms with Crippen molar-refractivity contribution < 1.29 is 9.53 Å². The van der Waals surface area contributed by atoms with Gasteiger partial charge in [0.1, 0.15) is 18.0 Å². The molecule has 0 saturated carbocycles. The second kappa shape index (κ2) is 10.0. The second-order valence-electron chi connectivity index (χ2n) is 7.24. The number of hydrogen-bond acceptors (Lipinski definition) is 4. The van der Waals surface area contributed by atoms with E-state index in [9.17, 15) is 14.4 Å². The van der Waals surface area contributed by atoms with E-state index in [2.05, 4.69) is 5.32 Å². The third-order valence-corrected chi connectivity index (χ3v) is 5.15. The molecule has 1 amide bonds. The molecule has 0 saturated heterocycles. The van der Waals surface area contributed by atoms with Gasteiger partial charge in [-0.1, -0.05) is 54.1 Å². The summed E-state index contributed by atoms with van der Waals surface area (Å²) in [4.78, 5) is 37.5. The van der Waals surface area contributed by atoms with Crippen LogP contribution in [0.3, 0.4) is 0 Å². The third-order valence-electron chi connectivity index (χ3n) is 4.84. The predicted molar refractivity (Wildman–Crippen MR) is 127 cm³/mol. The number of rotatable bonds is 7. The van der Waals surface area contributed by atoms with E-state index in [0.29, 0.717) is 28.8 Å². The molecule has 1 N–H and O–H groups in total. The van der Waals surface area contributed by atoms with E-state index >= 15 is 0 Å². The van der Waals surface area contributed by atoms with Gasteiger partial charge in [-0.25, -0.2) is 4.79 Å². The van der Waals surface area contributed by atoms with Gasteiger partial charge in [-0.3, -0.25) is 18.7 Å². The summed E-state index contributed by atoms with van der Waals surface area (Å²) in [5, 5.41) is 3.18. The minimum absolute atomic E-state index is 0.300. The molecule has 1 aromatic heterocycles. The third kappa shape index (κ3) is 5.58. The molecule has 0 bridgehead atoms. The summed E-state index contributed by atoms with van der Waals surface area (Å²) in [6.07, 6.45) is 1.43. The Morgan fingerprint density at radius 1 is 0.879 bits per heavy atom. The lowest BCUT2D eigenvalue weighted by Crippen LogP contribution is -2.41. The van der Waals surface area contributed by atoms with Gasteiger partial charge >= 0.3 is 5.69 Å². The number of carbonyl (C=O) groups excluding carboxylic acids is 1. The molecule has 0 radical (unpaired) electrons. The van der Waals surface area contributed by atoms with Gasteiger partial charge in [-0.05, 0) is 42.0 Å². The van der Waals surface area contributed by atoms with Crippen LogP contribution in [-0.2, 0) is 17.9 Å². The fourth-order valence-electron chi connectivity index (χ4n) is 3.21. The standard InChI is InChI=1S/C25H20ClN3O4/c26-21-8-4-5-9-22(21)33-20-12-10-19(11-13-20)27-23(30)17-29-24(31)14-15-28(25(29)32)16-18-6-2-1-3-7-18/h1-15H,16-17H2,(H,27,30). The molecule has 0 spiro atoms. The number of benzene rings is 3. The van der Waals surface area contributed by atoms with Crippen LogP contribution in [0.25, 0.3) is 0 Å². The number of ether oxygens (including phenoxy) is 1. The van der Waals surface area contributed by atoms with E-state index in [4.69, 9.17) is 16.3 Å². The van der Waals surface area contributed by atoms with Crippen LogP contribution in [0.5, 0.6) is 11.5 Å². The van der Waals surface area contributed by atoms with Crippen LogP contribution in [0.4, 0.5) is 5.69 Å². The SMILES string of the molecule is O=C(Cn1c(=O)ccn(Cc2ccccc2)c1=O)Nc1ccc(Oc2ccccc2Cl)cc1. The van der Waals surface area contributed by atoms with Crippen LogP contribution in [0, 0.1) is 0 Å². The first-order chi connectivity index (χ1) is 16.0. The quantitative estimate of drug-likeness (QED) is 0.448. The molecule has 8 heteroatoms. The van der Waals surface area contributed by atoms with Crippen molar-refractivity contribution in [3.63, 3.8) is 0 Å². The maximum absolute atomic E-state index is 12.7. The zero-order valence-corrected chi connectivity index (χ0v) is 18.2. The highest BCUT2D eigenvalue weighted by Gasteiger charge is 2.11. The van der Waals surface area contributed by atoms with Gasteiger partial charge in [0, 0.05) is 18.0 Å². The molecule has 4 aromatic rings. The molecule has 3 aromatic carbocycles. The number of amides is 1. The maximum Gasteiger partial charge on any atom is 0.331 e. The van der Waals surface area contributed by atoms with Crippen molar-refractivity contribution in [2.24, 2.45) is 0 Å². The van der Waals surface area contributed by atoms with Crippen LogP contribution >= 0.6 is 11.6 Å². The van der Waals surface area contributed by atoms with E-state index in [0.717, 1.165) is 10.1 Å². The Labute approximate surface area is 194 Å². The lowest BCUT2D eigenvalue weighted by Gasteiger charge is -2.11. The number of nitrogens with one attached hydrogen (secondary N) is 1. The Bertz CT molecular complexity index is 1380. The van der Waals surface area contributed by atoms with E-state index in [-0.39, 0.29) is 0 Å². The Morgan fingerprint density at radius 3 is 2.30 bits per heavy atom. The van der Waals surface area contributed by atoms with Crippen molar-refractivity contribution in [3.05, 3.63) is 123 Å². The molecule has 0 aliphatic heterocycles. The molecule has 166 valence electrons. The second-order valence-corrected chi connectivity index (χ2v) is 7.65. The van der Waals surface area contributed by atoms with E-state index in [1.165, 1.54) is 16.8 Å². The number of halogens is 1. The van der Waals surface area contributed by atoms with Gasteiger partial charge in [-0.2, -0.15) is 0 Å². The van der Waals surface area contributed by atoms with Crippen LogP contribution in [0.15, 0.2) is 101 Å². The Balaban J connectivity index is 1.43. The van der Waals surface area contributed by atoms with Crippen molar-refractivity contribution in [3.8, 4) is 11.5 Å². The maximum atomic E-state index is 12.7. The first-order valence-corrected chi connectivity index (χ1v) is 10.5. The van der Waals surface area contributed by atoms with Gasteiger partial charge in [0.05, 0.1) is 11.6 Å². The van der Waals surface area contributed by atoms with Crippen molar-refractivity contribution in [1.82, 2.24) is 9.13 Å². The normalized spacial score (nSPS) is 10.6. The molecule has 0 aliphatic rings. The highest BCUT2D eigenvalue weighted by atomic mass is 35.5. The molecule has 7 nitrogen and oxygen atoms in total. The number of para-hydroxylation sites is 1.